The summed E-state index contributed by atoms with van der Waals surface area (Å²) in [7, 11) is 0. The molecule has 1 rings (SSSR count). The van der Waals surface area contributed by atoms with E-state index in [0.29, 0.717) is 0 Å². The van der Waals surface area contributed by atoms with Gasteiger partial charge >= 0.3 is 0 Å². The maximum atomic E-state index is 9.09. The van der Waals surface area contributed by atoms with Gasteiger partial charge in [0.25, 0.3) is 0 Å². The Hall–Kier alpha value is -0.200. The first-order valence-corrected chi connectivity index (χ1v) is 3.41. The molecule has 0 aliphatic carbocycles. The average molecular weight is 164 g/mol. The Labute approximate surface area is 63.8 Å². The largest absolute Gasteiger partial charge is 0.388 e. The molecule has 0 amide bonds. The second-order valence-corrected chi connectivity index (χ2v) is 2.70. The fraction of sp³-hybridized carbons (Fsp3) is 1.00. The summed E-state index contributed by atoms with van der Waals surface area (Å²) < 4.78 is 4.68. The lowest BCUT2D eigenvalue weighted by Gasteiger charge is -2.36. The van der Waals surface area contributed by atoms with E-state index >= 15 is 0 Å². The van der Waals surface area contributed by atoms with Crippen molar-refractivity contribution in [2.24, 2.45) is 0 Å². The quantitative estimate of drug-likeness (QED) is 0.326. The van der Waals surface area contributed by atoms with Crippen LogP contribution in [0.5, 0.6) is 0 Å². The number of ether oxygens (including phenoxy) is 1. The lowest BCUT2D eigenvalue weighted by atomic mass is 10.0. The molecule has 0 radical (unpaired) electrons. The Morgan fingerprint density at radius 3 is 2.00 bits per heavy atom. The van der Waals surface area contributed by atoms with Gasteiger partial charge in [-0.15, -0.1) is 0 Å². The number of aliphatic hydroxyl groups is 4. The van der Waals surface area contributed by atoms with Gasteiger partial charge in [-0.2, -0.15) is 0 Å². The molecule has 1 aliphatic heterocycles. The first-order chi connectivity index (χ1) is 5.04. The summed E-state index contributed by atoms with van der Waals surface area (Å²) in [4.78, 5) is 0. The highest BCUT2D eigenvalue weighted by Gasteiger charge is 2.40. The fourth-order valence-electron chi connectivity index (χ4n) is 1.03. The number of hydrogen-bond acceptors (Lipinski definition) is 5. The van der Waals surface area contributed by atoms with Crippen molar-refractivity contribution in [2.45, 2.75) is 37.6 Å². The molecule has 0 aromatic rings. The van der Waals surface area contributed by atoms with E-state index in [4.69, 9.17) is 20.4 Å². The topological polar surface area (TPSA) is 90.2 Å². The summed E-state index contributed by atoms with van der Waals surface area (Å²) in [5.74, 6) is 0. The highest BCUT2D eigenvalue weighted by molar-refractivity contribution is 4.86. The van der Waals surface area contributed by atoms with Gasteiger partial charge in [0.05, 0.1) is 6.10 Å². The van der Waals surface area contributed by atoms with Gasteiger partial charge in [0, 0.05) is 0 Å². The first-order valence-electron chi connectivity index (χ1n) is 3.41. The van der Waals surface area contributed by atoms with E-state index < -0.39 is 30.7 Å². The molecule has 2 unspecified atom stereocenters. The van der Waals surface area contributed by atoms with E-state index in [1.165, 1.54) is 6.92 Å². The first kappa shape index (κ1) is 8.89. The summed E-state index contributed by atoms with van der Waals surface area (Å²) in [6, 6.07) is 0. The lowest BCUT2D eigenvalue weighted by Crippen LogP contribution is -2.56. The normalized spacial score (nSPS) is 52.6. The van der Waals surface area contributed by atoms with Crippen LogP contribution in [0, 0.1) is 0 Å². The third-order valence-electron chi connectivity index (χ3n) is 1.83. The Morgan fingerprint density at radius 2 is 1.45 bits per heavy atom. The summed E-state index contributed by atoms with van der Waals surface area (Å²) in [5, 5.41) is 36.0. The van der Waals surface area contributed by atoms with E-state index in [1.807, 2.05) is 0 Å². The van der Waals surface area contributed by atoms with Crippen LogP contribution in [0.4, 0.5) is 0 Å². The van der Waals surface area contributed by atoms with Crippen LogP contribution in [0.3, 0.4) is 0 Å². The minimum Gasteiger partial charge on any atom is -0.388 e. The van der Waals surface area contributed by atoms with E-state index in [1.54, 1.807) is 0 Å². The van der Waals surface area contributed by atoms with Crippen LogP contribution < -0.4 is 0 Å². The van der Waals surface area contributed by atoms with Gasteiger partial charge in [-0.05, 0) is 6.92 Å². The zero-order chi connectivity index (χ0) is 8.59. The molecule has 1 aliphatic rings. The third kappa shape index (κ3) is 1.52. The second kappa shape index (κ2) is 3.04. The molecule has 1 fully saturated rings. The van der Waals surface area contributed by atoms with Crippen LogP contribution in [-0.4, -0.2) is 51.1 Å². The molecule has 5 atom stereocenters. The lowest BCUT2D eigenvalue weighted by molar-refractivity contribution is -0.277. The predicted molar refractivity (Wildman–Crippen MR) is 34.6 cm³/mol. The maximum absolute atomic E-state index is 9.09. The Bertz CT molecular complexity index is 125. The summed E-state index contributed by atoms with van der Waals surface area (Å²) in [6.45, 7) is 1.50. The highest BCUT2D eigenvalue weighted by atomic mass is 16.6. The van der Waals surface area contributed by atoms with Gasteiger partial charge in [-0.25, -0.2) is 0 Å². The van der Waals surface area contributed by atoms with E-state index in [-0.39, 0.29) is 0 Å². The van der Waals surface area contributed by atoms with E-state index in [0.717, 1.165) is 0 Å². The molecule has 0 bridgehead atoms. The third-order valence-corrected chi connectivity index (χ3v) is 1.83. The minimum absolute atomic E-state index is 0.664. The average Bonchev–Trinajstić information content (AvgIpc) is 1.97. The van der Waals surface area contributed by atoms with Crippen LogP contribution in [0.25, 0.3) is 0 Å². The van der Waals surface area contributed by atoms with Crippen molar-refractivity contribution in [3.63, 3.8) is 0 Å². The van der Waals surface area contributed by atoms with Crippen molar-refractivity contribution in [3.8, 4) is 0 Å². The van der Waals surface area contributed by atoms with Gasteiger partial charge in [0.2, 0.25) is 0 Å². The van der Waals surface area contributed by atoms with Crippen molar-refractivity contribution in [2.75, 3.05) is 0 Å². The van der Waals surface area contributed by atoms with Crippen molar-refractivity contribution >= 4 is 0 Å². The van der Waals surface area contributed by atoms with Crippen LogP contribution in [-0.2, 0) is 4.74 Å². The van der Waals surface area contributed by atoms with Crippen molar-refractivity contribution in [1.82, 2.24) is 0 Å². The zero-order valence-corrected chi connectivity index (χ0v) is 6.08. The molecule has 5 heteroatoms. The predicted octanol–water partition coefficient (Wildman–Crippen LogP) is -2.19. The smallest absolute Gasteiger partial charge is 0.183 e. The summed E-state index contributed by atoms with van der Waals surface area (Å²) >= 11 is 0. The van der Waals surface area contributed by atoms with Crippen molar-refractivity contribution in [3.05, 3.63) is 0 Å². The van der Waals surface area contributed by atoms with Crippen LogP contribution >= 0.6 is 0 Å². The van der Waals surface area contributed by atoms with Gasteiger partial charge in [0.1, 0.15) is 18.3 Å². The Kier molecular flexibility index (Phi) is 2.46. The molecular weight excluding hydrogens is 152 g/mol. The maximum Gasteiger partial charge on any atom is 0.183 e. The molecule has 0 aromatic heterocycles. The molecule has 1 saturated heterocycles. The van der Waals surface area contributed by atoms with Crippen LogP contribution in [0.1, 0.15) is 6.92 Å². The number of rotatable bonds is 0. The molecule has 66 valence electrons. The Balaban J connectivity index is 2.63. The zero-order valence-electron chi connectivity index (χ0n) is 6.08. The Morgan fingerprint density at radius 1 is 0.909 bits per heavy atom. The highest BCUT2D eigenvalue weighted by Crippen LogP contribution is 2.18. The van der Waals surface area contributed by atoms with E-state index in [2.05, 4.69) is 4.74 Å². The standard InChI is InChI=1S/C6H12O5/c1-2-3(7)4(8)5(9)6(10)11-2/h2-10H,1H3/t2?,3-,4-,5?,6-/m0/s1. The summed E-state index contributed by atoms with van der Waals surface area (Å²) in [5.41, 5.74) is 0. The molecule has 0 spiro atoms. The summed E-state index contributed by atoms with van der Waals surface area (Å²) in [6.07, 6.45) is -5.99. The van der Waals surface area contributed by atoms with Gasteiger partial charge in [-0.3, -0.25) is 0 Å². The van der Waals surface area contributed by atoms with Crippen molar-refractivity contribution < 1.29 is 25.2 Å². The second-order valence-electron chi connectivity index (χ2n) is 2.70. The molecule has 4 N–H and O–H groups in total. The minimum atomic E-state index is -1.43. The van der Waals surface area contributed by atoms with Gasteiger partial charge in [-0.1, -0.05) is 0 Å². The molecule has 0 saturated carbocycles. The van der Waals surface area contributed by atoms with Crippen LogP contribution in [0.2, 0.25) is 0 Å². The fourth-order valence-corrected chi connectivity index (χ4v) is 1.03. The molecule has 0 aromatic carbocycles. The molecule has 1 heterocycles. The van der Waals surface area contributed by atoms with Crippen molar-refractivity contribution in [1.29, 1.82) is 0 Å². The molecule has 11 heavy (non-hydrogen) atoms. The van der Waals surface area contributed by atoms with Gasteiger partial charge < -0.3 is 25.2 Å². The number of hydrogen-bond donors (Lipinski definition) is 4. The van der Waals surface area contributed by atoms with E-state index in [9.17, 15) is 0 Å². The number of aliphatic hydroxyl groups excluding tert-OH is 4. The van der Waals surface area contributed by atoms with Gasteiger partial charge in [0.15, 0.2) is 6.29 Å². The molecular formula is C6H12O5. The monoisotopic (exact) mass is 164 g/mol. The van der Waals surface area contributed by atoms with Crippen LogP contribution in [0.15, 0.2) is 0 Å². The molecule has 5 nitrogen and oxygen atoms in total. The SMILES string of the molecule is CC1O[C@H](O)C(O)[C@@H](O)[C@H]1O.